The van der Waals surface area contributed by atoms with Gasteiger partial charge in [0, 0.05) is 16.1 Å². The quantitative estimate of drug-likeness (QED) is 0.566. The minimum absolute atomic E-state index is 0.0122. The third kappa shape index (κ3) is 3.84. The van der Waals surface area contributed by atoms with Crippen molar-refractivity contribution in [2.45, 2.75) is 19.8 Å². The van der Waals surface area contributed by atoms with Crippen LogP contribution in [0.15, 0.2) is 48.5 Å². The van der Waals surface area contributed by atoms with E-state index in [9.17, 15) is 4.79 Å². The number of benzene rings is 2. The van der Waals surface area contributed by atoms with E-state index in [0.717, 1.165) is 18.6 Å². The average Bonchev–Trinajstić information content (AvgIpc) is 2.48. The summed E-state index contributed by atoms with van der Waals surface area (Å²) in [5, 5.41) is 0.626. The highest BCUT2D eigenvalue weighted by molar-refractivity contribution is 6.30. The summed E-state index contributed by atoms with van der Waals surface area (Å²) in [4.78, 5) is 12.2. The Hall–Kier alpha value is -1.80. The maximum atomic E-state index is 12.2. The van der Waals surface area contributed by atoms with Gasteiger partial charge in [0.1, 0.15) is 5.75 Å². The molecular formula is C17H17ClO2. The van der Waals surface area contributed by atoms with Crippen molar-refractivity contribution >= 4 is 17.4 Å². The van der Waals surface area contributed by atoms with E-state index in [0.29, 0.717) is 22.8 Å². The maximum absolute atomic E-state index is 12.2. The van der Waals surface area contributed by atoms with E-state index >= 15 is 0 Å². The Kier molecular flexibility index (Phi) is 5.19. The Morgan fingerprint density at radius 1 is 1.00 bits per heavy atom. The SMILES string of the molecule is CCCCOc1ccc(C(=O)c2ccc(Cl)cc2)cc1. The Morgan fingerprint density at radius 3 is 2.10 bits per heavy atom. The van der Waals surface area contributed by atoms with Gasteiger partial charge in [0.25, 0.3) is 0 Å². The summed E-state index contributed by atoms with van der Waals surface area (Å²) in [5.41, 5.74) is 1.28. The average molecular weight is 289 g/mol. The van der Waals surface area contributed by atoms with Crippen molar-refractivity contribution in [3.8, 4) is 5.75 Å². The van der Waals surface area contributed by atoms with Gasteiger partial charge in [-0.3, -0.25) is 4.79 Å². The largest absolute Gasteiger partial charge is 0.494 e. The van der Waals surface area contributed by atoms with E-state index in [1.807, 2.05) is 12.1 Å². The molecule has 0 heterocycles. The predicted molar refractivity (Wildman–Crippen MR) is 81.7 cm³/mol. The number of rotatable bonds is 6. The van der Waals surface area contributed by atoms with Gasteiger partial charge in [-0.2, -0.15) is 0 Å². The molecule has 0 fully saturated rings. The molecule has 0 aromatic heterocycles. The van der Waals surface area contributed by atoms with Crippen molar-refractivity contribution in [2.75, 3.05) is 6.61 Å². The minimum atomic E-state index is -0.0122. The molecule has 3 heteroatoms. The number of unbranched alkanes of at least 4 members (excludes halogenated alkanes) is 1. The van der Waals surface area contributed by atoms with Gasteiger partial charge in [0.15, 0.2) is 5.78 Å². The summed E-state index contributed by atoms with van der Waals surface area (Å²) in [6.45, 7) is 2.83. The Balaban J connectivity index is 2.05. The maximum Gasteiger partial charge on any atom is 0.193 e. The first-order valence-corrected chi connectivity index (χ1v) is 7.11. The fourth-order valence-corrected chi connectivity index (χ4v) is 1.93. The Bertz CT molecular complexity index is 559. The highest BCUT2D eigenvalue weighted by Crippen LogP contribution is 2.17. The van der Waals surface area contributed by atoms with Crippen molar-refractivity contribution in [1.82, 2.24) is 0 Å². The van der Waals surface area contributed by atoms with Crippen molar-refractivity contribution in [1.29, 1.82) is 0 Å². The van der Waals surface area contributed by atoms with Gasteiger partial charge in [-0.25, -0.2) is 0 Å². The molecule has 0 saturated heterocycles. The molecule has 20 heavy (non-hydrogen) atoms. The van der Waals surface area contributed by atoms with Crippen LogP contribution in [0.3, 0.4) is 0 Å². The third-order valence-electron chi connectivity index (χ3n) is 2.99. The molecule has 0 aliphatic rings. The first-order valence-electron chi connectivity index (χ1n) is 6.74. The molecule has 2 rings (SSSR count). The van der Waals surface area contributed by atoms with Gasteiger partial charge in [0.2, 0.25) is 0 Å². The van der Waals surface area contributed by atoms with E-state index in [-0.39, 0.29) is 5.78 Å². The van der Waals surface area contributed by atoms with E-state index < -0.39 is 0 Å². The summed E-state index contributed by atoms with van der Waals surface area (Å²) in [5.74, 6) is 0.785. The molecule has 0 aliphatic carbocycles. The fourth-order valence-electron chi connectivity index (χ4n) is 1.80. The first kappa shape index (κ1) is 14.6. The third-order valence-corrected chi connectivity index (χ3v) is 3.24. The van der Waals surface area contributed by atoms with E-state index in [2.05, 4.69) is 6.92 Å². The summed E-state index contributed by atoms with van der Waals surface area (Å²) < 4.78 is 5.57. The lowest BCUT2D eigenvalue weighted by molar-refractivity contribution is 0.103. The van der Waals surface area contributed by atoms with Crippen LogP contribution in [0.25, 0.3) is 0 Å². The predicted octanol–water partition coefficient (Wildman–Crippen LogP) is 4.75. The number of carbonyl (C=O) groups is 1. The van der Waals surface area contributed by atoms with Crippen LogP contribution >= 0.6 is 11.6 Å². The molecule has 0 amide bonds. The van der Waals surface area contributed by atoms with Crippen LogP contribution in [0.5, 0.6) is 5.75 Å². The molecular weight excluding hydrogens is 272 g/mol. The van der Waals surface area contributed by atoms with Gasteiger partial charge < -0.3 is 4.74 Å². The highest BCUT2D eigenvalue weighted by atomic mass is 35.5. The van der Waals surface area contributed by atoms with Crippen molar-refractivity contribution < 1.29 is 9.53 Å². The van der Waals surface area contributed by atoms with Crippen molar-refractivity contribution in [2.24, 2.45) is 0 Å². The molecule has 104 valence electrons. The number of carbonyl (C=O) groups excluding carboxylic acids is 1. The molecule has 0 aliphatic heterocycles. The van der Waals surface area contributed by atoms with Crippen LogP contribution in [0.1, 0.15) is 35.7 Å². The van der Waals surface area contributed by atoms with Crippen LogP contribution in [0.2, 0.25) is 5.02 Å². The van der Waals surface area contributed by atoms with Gasteiger partial charge >= 0.3 is 0 Å². The first-order chi connectivity index (χ1) is 9.70. The van der Waals surface area contributed by atoms with Gasteiger partial charge in [-0.1, -0.05) is 24.9 Å². The lowest BCUT2D eigenvalue weighted by Crippen LogP contribution is -2.01. The number of hydrogen-bond acceptors (Lipinski definition) is 2. The zero-order valence-electron chi connectivity index (χ0n) is 11.4. The fraction of sp³-hybridized carbons (Fsp3) is 0.235. The molecule has 2 nitrogen and oxygen atoms in total. The normalized spacial score (nSPS) is 10.3. The number of ketones is 1. The monoisotopic (exact) mass is 288 g/mol. The zero-order valence-corrected chi connectivity index (χ0v) is 12.2. The van der Waals surface area contributed by atoms with Crippen LogP contribution in [-0.4, -0.2) is 12.4 Å². The van der Waals surface area contributed by atoms with Crippen molar-refractivity contribution in [3.05, 3.63) is 64.7 Å². The van der Waals surface area contributed by atoms with Crippen LogP contribution in [0, 0.1) is 0 Å². The molecule has 2 aromatic carbocycles. The van der Waals surface area contributed by atoms with Gasteiger partial charge in [0.05, 0.1) is 6.61 Å². The second-order valence-electron chi connectivity index (χ2n) is 4.56. The number of halogens is 1. The Labute approximate surface area is 124 Å². The van der Waals surface area contributed by atoms with E-state index in [1.165, 1.54) is 0 Å². The summed E-state index contributed by atoms with van der Waals surface area (Å²) in [6, 6.07) is 14.1. The Morgan fingerprint density at radius 2 is 1.55 bits per heavy atom. The summed E-state index contributed by atoms with van der Waals surface area (Å²) in [6.07, 6.45) is 2.14. The van der Waals surface area contributed by atoms with E-state index in [4.69, 9.17) is 16.3 Å². The highest BCUT2D eigenvalue weighted by Gasteiger charge is 2.08. The summed E-state index contributed by atoms with van der Waals surface area (Å²) >= 11 is 5.82. The van der Waals surface area contributed by atoms with Crippen molar-refractivity contribution in [3.63, 3.8) is 0 Å². The molecule has 0 spiro atoms. The lowest BCUT2D eigenvalue weighted by Gasteiger charge is -2.06. The van der Waals surface area contributed by atoms with Gasteiger partial charge in [-0.05, 0) is 55.0 Å². The standard InChI is InChI=1S/C17H17ClO2/c1-2-3-12-20-16-10-6-14(7-11-16)17(19)13-4-8-15(18)9-5-13/h4-11H,2-3,12H2,1H3. The topological polar surface area (TPSA) is 26.3 Å². The second kappa shape index (κ2) is 7.11. The molecule has 0 N–H and O–H groups in total. The molecule has 0 unspecified atom stereocenters. The summed E-state index contributed by atoms with van der Waals surface area (Å²) in [7, 11) is 0. The molecule has 0 bridgehead atoms. The number of ether oxygens (including phenoxy) is 1. The molecule has 0 saturated carbocycles. The van der Waals surface area contributed by atoms with Gasteiger partial charge in [-0.15, -0.1) is 0 Å². The second-order valence-corrected chi connectivity index (χ2v) is 5.00. The van der Waals surface area contributed by atoms with Crippen LogP contribution < -0.4 is 4.74 Å². The van der Waals surface area contributed by atoms with Crippen LogP contribution in [0.4, 0.5) is 0 Å². The van der Waals surface area contributed by atoms with E-state index in [1.54, 1.807) is 36.4 Å². The molecule has 0 radical (unpaired) electrons. The molecule has 0 atom stereocenters. The van der Waals surface area contributed by atoms with Crippen LogP contribution in [-0.2, 0) is 0 Å². The minimum Gasteiger partial charge on any atom is -0.494 e. The lowest BCUT2D eigenvalue weighted by atomic mass is 10.0. The molecule has 2 aromatic rings. The number of hydrogen-bond donors (Lipinski definition) is 0. The zero-order chi connectivity index (χ0) is 14.4. The smallest absolute Gasteiger partial charge is 0.193 e.